The van der Waals surface area contributed by atoms with Crippen LogP contribution in [0.2, 0.25) is 5.02 Å². The number of nitrogens with one attached hydrogen (secondary N) is 1. The summed E-state index contributed by atoms with van der Waals surface area (Å²) in [6, 6.07) is 7.56. The zero-order valence-electron chi connectivity index (χ0n) is 9.87. The highest BCUT2D eigenvalue weighted by atomic mass is 35.5. The summed E-state index contributed by atoms with van der Waals surface area (Å²) in [5, 5.41) is 12.6. The van der Waals surface area contributed by atoms with Crippen LogP contribution < -0.4 is 5.32 Å². The van der Waals surface area contributed by atoms with Crippen molar-refractivity contribution in [1.82, 2.24) is 5.32 Å². The molecule has 1 rings (SSSR count). The van der Waals surface area contributed by atoms with Crippen LogP contribution in [0.5, 0.6) is 0 Å². The lowest BCUT2D eigenvalue weighted by molar-refractivity contribution is -0.144. The number of carboxylic acid groups (broad SMARTS) is 1. The molecule has 0 fully saturated rings. The number of aliphatic carboxylic acids is 1. The van der Waals surface area contributed by atoms with Gasteiger partial charge < -0.3 is 10.4 Å². The molecule has 0 aromatic heterocycles. The van der Waals surface area contributed by atoms with Crippen molar-refractivity contribution < 1.29 is 9.90 Å². The highest BCUT2D eigenvalue weighted by Gasteiger charge is 2.30. The van der Waals surface area contributed by atoms with E-state index in [1.165, 1.54) is 0 Å². The summed E-state index contributed by atoms with van der Waals surface area (Å²) >= 11 is 7.59. The molecule has 0 spiro atoms. The van der Waals surface area contributed by atoms with Gasteiger partial charge >= 0.3 is 5.97 Å². The van der Waals surface area contributed by atoms with E-state index in [1.807, 2.05) is 24.3 Å². The molecule has 5 heteroatoms. The molecule has 0 bridgehead atoms. The van der Waals surface area contributed by atoms with E-state index in [0.29, 0.717) is 17.2 Å². The Bertz CT molecular complexity index is 400. The summed E-state index contributed by atoms with van der Waals surface area (Å²) in [6.07, 6.45) is 0.536. The van der Waals surface area contributed by atoms with Gasteiger partial charge in [-0.25, -0.2) is 0 Å². The highest BCUT2D eigenvalue weighted by molar-refractivity contribution is 7.99. The Morgan fingerprint density at radius 1 is 1.53 bits per heavy atom. The van der Waals surface area contributed by atoms with Crippen LogP contribution in [-0.4, -0.2) is 29.4 Å². The Balaban J connectivity index is 2.53. The Labute approximate surface area is 111 Å². The topological polar surface area (TPSA) is 49.3 Å². The second kappa shape index (κ2) is 6.28. The summed E-state index contributed by atoms with van der Waals surface area (Å²) in [5.41, 5.74) is -0.881. The van der Waals surface area contributed by atoms with Gasteiger partial charge in [0.1, 0.15) is 5.54 Å². The number of likely N-dealkylation sites (N-methyl/N-ethyl adjacent to an activating group) is 1. The predicted octanol–water partition coefficient (Wildman–Crippen LogP) is 2.88. The third kappa shape index (κ3) is 3.91. The fraction of sp³-hybridized carbons (Fsp3) is 0.417. The predicted molar refractivity (Wildman–Crippen MR) is 71.9 cm³/mol. The van der Waals surface area contributed by atoms with Gasteiger partial charge in [0.05, 0.1) is 5.02 Å². The molecule has 2 N–H and O–H groups in total. The smallest absolute Gasteiger partial charge is 0.323 e. The van der Waals surface area contributed by atoms with E-state index < -0.39 is 11.5 Å². The average molecular weight is 274 g/mol. The van der Waals surface area contributed by atoms with Crippen LogP contribution in [-0.2, 0) is 4.79 Å². The molecular formula is C12H16ClNO2S. The molecule has 0 radical (unpaired) electrons. The number of benzene rings is 1. The molecule has 0 aliphatic heterocycles. The minimum absolute atomic E-state index is 0.536. The average Bonchev–Trinajstić information content (AvgIpc) is 2.31. The molecule has 94 valence electrons. The summed E-state index contributed by atoms with van der Waals surface area (Å²) in [5.74, 6) is -0.132. The molecule has 0 aliphatic carbocycles. The maximum atomic E-state index is 11.1. The van der Waals surface area contributed by atoms with Crippen LogP contribution >= 0.6 is 23.4 Å². The lowest BCUT2D eigenvalue weighted by Gasteiger charge is -2.23. The number of hydrogen-bond acceptors (Lipinski definition) is 3. The Hall–Kier alpha value is -0.710. The molecule has 1 aromatic rings. The van der Waals surface area contributed by atoms with Gasteiger partial charge in [-0.15, -0.1) is 11.8 Å². The second-order valence-corrected chi connectivity index (χ2v) is 5.46. The fourth-order valence-corrected chi connectivity index (χ4v) is 2.68. The SMILES string of the molecule is CNC(C)(CCSc1ccccc1Cl)C(=O)O. The molecule has 1 aromatic carbocycles. The van der Waals surface area contributed by atoms with Gasteiger partial charge in [-0.3, -0.25) is 4.79 Å². The van der Waals surface area contributed by atoms with Crippen molar-refractivity contribution in [3.63, 3.8) is 0 Å². The molecule has 17 heavy (non-hydrogen) atoms. The monoisotopic (exact) mass is 273 g/mol. The zero-order valence-corrected chi connectivity index (χ0v) is 11.4. The number of halogens is 1. The molecular weight excluding hydrogens is 258 g/mol. The van der Waals surface area contributed by atoms with Crippen molar-refractivity contribution in [3.05, 3.63) is 29.3 Å². The molecule has 3 nitrogen and oxygen atoms in total. The first-order chi connectivity index (χ1) is 7.99. The van der Waals surface area contributed by atoms with Gasteiger partial charge in [-0.2, -0.15) is 0 Å². The Morgan fingerprint density at radius 2 is 2.18 bits per heavy atom. The Kier molecular flexibility index (Phi) is 5.31. The van der Waals surface area contributed by atoms with Crippen molar-refractivity contribution in [1.29, 1.82) is 0 Å². The van der Waals surface area contributed by atoms with Gasteiger partial charge in [0.25, 0.3) is 0 Å². The van der Waals surface area contributed by atoms with E-state index >= 15 is 0 Å². The van der Waals surface area contributed by atoms with Crippen LogP contribution in [0, 0.1) is 0 Å². The molecule has 0 saturated heterocycles. The van der Waals surface area contributed by atoms with Crippen LogP contribution in [0.25, 0.3) is 0 Å². The Morgan fingerprint density at radius 3 is 2.71 bits per heavy atom. The van der Waals surface area contributed by atoms with Crippen molar-refractivity contribution >= 4 is 29.3 Å². The largest absolute Gasteiger partial charge is 0.480 e. The number of carbonyl (C=O) groups is 1. The number of carboxylic acids is 1. The second-order valence-electron chi connectivity index (χ2n) is 3.92. The van der Waals surface area contributed by atoms with Crippen LogP contribution in [0.15, 0.2) is 29.2 Å². The van der Waals surface area contributed by atoms with Gasteiger partial charge in [0.15, 0.2) is 0 Å². The van der Waals surface area contributed by atoms with E-state index in [2.05, 4.69) is 5.32 Å². The summed E-state index contributed by atoms with van der Waals surface area (Å²) in [4.78, 5) is 12.0. The molecule has 0 amide bonds. The standard InChI is InChI=1S/C12H16ClNO2S/c1-12(14-2,11(15)16)7-8-17-10-6-4-3-5-9(10)13/h3-6,14H,7-8H2,1-2H3,(H,15,16). The fourth-order valence-electron chi connectivity index (χ4n) is 1.27. The maximum absolute atomic E-state index is 11.1. The van der Waals surface area contributed by atoms with Crippen LogP contribution in [0.3, 0.4) is 0 Å². The van der Waals surface area contributed by atoms with E-state index in [-0.39, 0.29) is 0 Å². The summed E-state index contributed by atoms with van der Waals surface area (Å²) in [7, 11) is 1.66. The normalized spacial score (nSPS) is 14.3. The van der Waals surface area contributed by atoms with Gasteiger partial charge in [0, 0.05) is 10.6 Å². The van der Waals surface area contributed by atoms with Crippen LogP contribution in [0.1, 0.15) is 13.3 Å². The highest BCUT2D eigenvalue weighted by Crippen LogP contribution is 2.28. The summed E-state index contributed by atoms with van der Waals surface area (Å²) in [6.45, 7) is 1.68. The first kappa shape index (κ1) is 14.4. The molecule has 0 heterocycles. The molecule has 1 atom stereocenters. The lowest BCUT2D eigenvalue weighted by Crippen LogP contribution is -2.47. The number of thioether (sulfide) groups is 1. The molecule has 0 aliphatic rings. The van der Waals surface area contributed by atoms with Gasteiger partial charge in [-0.1, -0.05) is 23.7 Å². The van der Waals surface area contributed by atoms with Crippen molar-refractivity contribution in [3.8, 4) is 0 Å². The van der Waals surface area contributed by atoms with E-state index in [1.54, 1.807) is 25.7 Å². The number of rotatable bonds is 6. The number of hydrogen-bond donors (Lipinski definition) is 2. The van der Waals surface area contributed by atoms with Crippen LogP contribution in [0.4, 0.5) is 0 Å². The summed E-state index contributed by atoms with van der Waals surface area (Å²) < 4.78 is 0. The maximum Gasteiger partial charge on any atom is 0.323 e. The third-order valence-electron chi connectivity index (χ3n) is 2.72. The first-order valence-electron chi connectivity index (χ1n) is 5.29. The van der Waals surface area contributed by atoms with Crippen molar-refractivity contribution in [2.75, 3.05) is 12.8 Å². The minimum atomic E-state index is -0.881. The lowest BCUT2D eigenvalue weighted by atomic mass is 10.00. The quantitative estimate of drug-likeness (QED) is 0.783. The molecule has 1 unspecified atom stereocenters. The minimum Gasteiger partial charge on any atom is -0.480 e. The van der Waals surface area contributed by atoms with E-state index in [0.717, 1.165) is 4.90 Å². The third-order valence-corrected chi connectivity index (χ3v) is 4.24. The molecule has 0 saturated carbocycles. The van der Waals surface area contributed by atoms with Crippen molar-refractivity contribution in [2.24, 2.45) is 0 Å². The van der Waals surface area contributed by atoms with E-state index in [9.17, 15) is 4.79 Å². The van der Waals surface area contributed by atoms with E-state index in [4.69, 9.17) is 16.7 Å². The van der Waals surface area contributed by atoms with Gasteiger partial charge in [-0.05, 0) is 32.5 Å². The van der Waals surface area contributed by atoms with Gasteiger partial charge in [0.2, 0.25) is 0 Å². The van der Waals surface area contributed by atoms with Crippen molar-refractivity contribution in [2.45, 2.75) is 23.8 Å². The first-order valence-corrected chi connectivity index (χ1v) is 6.65. The zero-order chi connectivity index (χ0) is 12.9.